The number of anilines is 1. The SMILES string of the molecule is CCc1ncc(-c2ccc(NCCNC(=O)N3CCC(O)(c4ccc(Cl)cc4)CC3)cc2OC)o1. The van der Waals surface area contributed by atoms with Crippen molar-refractivity contribution in [1.82, 2.24) is 15.2 Å². The number of urea groups is 1. The molecule has 1 aliphatic rings. The maximum atomic E-state index is 12.6. The summed E-state index contributed by atoms with van der Waals surface area (Å²) in [7, 11) is 1.62. The zero-order chi connectivity index (χ0) is 24.8. The number of nitrogens with one attached hydrogen (secondary N) is 2. The third-order valence-corrected chi connectivity index (χ3v) is 6.56. The lowest BCUT2D eigenvalue weighted by molar-refractivity contribution is -0.0167. The average Bonchev–Trinajstić information content (AvgIpc) is 3.36. The number of carbonyl (C=O) groups excluding carboxylic acids is 1. The van der Waals surface area contributed by atoms with Crippen LogP contribution in [-0.2, 0) is 12.0 Å². The lowest BCUT2D eigenvalue weighted by Crippen LogP contribution is -2.49. The van der Waals surface area contributed by atoms with Crippen LogP contribution < -0.4 is 15.4 Å². The highest BCUT2D eigenvalue weighted by Crippen LogP contribution is 2.34. The van der Waals surface area contributed by atoms with Crippen LogP contribution in [0.4, 0.5) is 10.5 Å². The molecule has 1 fully saturated rings. The number of aliphatic hydroxyl groups is 1. The summed E-state index contributed by atoms with van der Waals surface area (Å²) in [5.74, 6) is 2.03. The standard InChI is InChI=1S/C26H31ClN4O4/c1-3-24-30-17-23(35-24)21-9-8-20(16-22(21)34-2)28-12-13-29-25(32)31-14-10-26(33,11-15-31)18-4-6-19(27)7-5-18/h4-9,16-17,28,33H,3,10-15H2,1-2H3,(H,29,32). The van der Waals surface area contributed by atoms with Crippen molar-refractivity contribution in [3.05, 3.63) is 65.1 Å². The number of aromatic nitrogens is 1. The number of likely N-dealkylation sites (tertiary alicyclic amines) is 1. The first-order chi connectivity index (χ1) is 16.9. The molecule has 2 amide bonds. The topological polar surface area (TPSA) is 99.9 Å². The van der Waals surface area contributed by atoms with E-state index in [1.54, 1.807) is 30.3 Å². The van der Waals surface area contributed by atoms with Crippen molar-refractivity contribution < 1.29 is 19.1 Å². The number of ether oxygens (including phenoxy) is 1. The second kappa shape index (κ2) is 11.0. The number of methoxy groups -OCH3 is 1. The highest BCUT2D eigenvalue weighted by atomic mass is 35.5. The number of aryl methyl sites for hydroxylation is 1. The smallest absolute Gasteiger partial charge is 0.317 e. The molecule has 35 heavy (non-hydrogen) atoms. The Balaban J connectivity index is 1.24. The molecule has 0 bridgehead atoms. The lowest BCUT2D eigenvalue weighted by atomic mass is 9.84. The summed E-state index contributed by atoms with van der Waals surface area (Å²) in [6, 6.07) is 12.9. The number of carbonyl (C=O) groups is 1. The third kappa shape index (κ3) is 5.89. The summed E-state index contributed by atoms with van der Waals surface area (Å²) in [5, 5.41) is 17.9. The molecular formula is C26H31ClN4O4. The largest absolute Gasteiger partial charge is 0.496 e. The van der Waals surface area contributed by atoms with E-state index in [0.29, 0.717) is 61.4 Å². The van der Waals surface area contributed by atoms with Gasteiger partial charge in [-0.2, -0.15) is 0 Å². The number of hydrogen-bond acceptors (Lipinski definition) is 6. The van der Waals surface area contributed by atoms with E-state index >= 15 is 0 Å². The molecule has 0 aliphatic carbocycles. The molecule has 8 nitrogen and oxygen atoms in total. The number of nitrogens with zero attached hydrogens (tertiary/aromatic N) is 2. The Morgan fingerprint density at radius 2 is 1.94 bits per heavy atom. The summed E-state index contributed by atoms with van der Waals surface area (Å²) in [4.78, 5) is 18.6. The van der Waals surface area contributed by atoms with Crippen molar-refractivity contribution in [3.8, 4) is 17.1 Å². The summed E-state index contributed by atoms with van der Waals surface area (Å²) in [6.45, 7) is 3.98. The summed E-state index contributed by atoms with van der Waals surface area (Å²) in [6.07, 6.45) is 3.40. The summed E-state index contributed by atoms with van der Waals surface area (Å²) < 4.78 is 11.3. The van der Waals surface area contributed by atoms with E-state index in [1.807, 2.05) is 37.3 Å². The van der Waals surface area contributed by atoms with Crippen LogP contribution >= 0.6 is 11.6 Å². The van der Waals surface area contributed by atoms with Gasteiger partial charge in [-0.15, -0.1) is 0 Å². The minimum absolute atomic E-state index is 0.130. The van der Waals surface area contributed by atoms with E-state index in [2.05, 4.69) is 15.6 Å². The number of amides is 2. The first-order valence-electron chi connectivity index (χ1n) is 11.8. The number of halogens is 1. The minimum Gasteiger partial charge on any atom is -0.496 e. The number of oxazole rings is 1. The van der Waals surface area contributed by atoms with Gasteiger partial charge in [-0.3, -0.25) is 0 Å². The molecule has 0 unspecified atom stereocenters. The van der Waals surface area contributed by atoms with Gasteiger partial charge < -0.3 is 29.8 Å². The van der Waals surface area contributed by atoms with E-state index in [1.165, 1.54) is 0 Å². The van der Waals surface area contributed by atoms with Crippen LogP contribution in [0.25, 0.3) is 11.3 Å². The molecule has 3 N–H and O–H groups in total. The number of piperidine rings is 1. The van der Waals surface area contributed by atoms with Crippen LogP contribution in [-0.4, -0.2) is 54.3 Å². The Bertz CT molecular complexity index is 1140. The van der Waals surface area contributed by atoms with Gasteiger partial charge in [0.25, 0.3) is 0 Å². The molecule has 1 aliphatic heterocycles. The summed E-state index contributed by atoms with van der Waals surface area (Å²) >= 11 is 5.95. The monoisotopic (exact) mass is 498 g/mol. The first-order valence-corrected chi connectivity index (χ1v) is 12.2. The predicted molar refractivity (Wildman–Crippen MR) is 136 cm³/mol. The van der Waals surface area contributed by atoms with Crippen LogP contribution in [0.5, 0.6) is 5.75 Å². The van der Waals surface area contributed by atoms with Crippen molar-refractivity contribution >= 4 is 23.3 Å². The van der Waals surface area contributed by atoms with Gasteiger partial charge >= 0.3 is 6.03 Å². The predicted octanol–water partition coefficient (Wildman–Crippen LogP) is 4.67. The molecule has 0 saturated carbocycles. The fraction of sp³-hybridized carbons (Fsp3) is 0.385. The molecule has 9 heteroatoms. The molecule has 0 radical (unpaired) electrons. The maximum Gasteiger partial charge on any atom is 0.317 e. The van der Waals surface area contributed by atoms with Gasteiger partial charge in [0.2, 0.25) is 0 Å². The van der Waals surface area contributed by atoms with Crippen molar-refractivity contribution in [2.45, 2.75) is 31.8 Å². The molecular weight excluding hydrogens is 468 g/mol. The molecule has 4 rings (SSSR count). The van der Waals surface area contributed by atoms with E-state index in [4.69, 9.17) is 20.8 Å². The van der Waals surface area contributed by atoms with Crippen LogP contribution in [0, 0.1) is 0 Å². The molecule has 0 atom stereocenters. The fourth-order valence-electron chi connectivity index (χ4n) is 4.22. The molecule has 2 aromatic carbocycles. The van der Waals surface area contributed by atoms with Crippen LogP contribution in [0.2, 0.25) is 5.02 Å². The minimum atomic E-state index is -0.933. The Morgan fingerprint density at radius 1 is 1.20 bits per heavy atom. The van der Waals surface area contributed by atoms with E-state index in [9.17, 15) is 9.90 Å². The van der Waals surface area contributed by atoms with Gasteiger partial charge in [0.1, 0.15) is 5.75 Å². The second-order valence-electron chi connectivity index (χ2n) is 8.57. The zero-order valence-corrected chi connectivity index (χ0v) is 20.8. The van der Waals surface area contributed by atoms with Crippen molar-refractivity contribution in [2.75, 3.05) is 38.6 Å². The van der Waals surface area contributed by atoms with E-state index in [-0.39, 0.29) is 6.03 Å². The molecule has 2 heterocycles. The quantitative estimate of drug-likeness (QED) is 0.390. The Hall–Kier alpha value is -3.23. The molecule has 1 saturated heterocycles. The fourth-order valence-corrected chi connectivity index (χ4v) is 4.35. The Kier molecular flexibility index (Phi) is 7.83. The third-order valence-electron chi connectivity index (χ3n) is 6.31. The zero-order valence-electron chi connectivity index (χ0n) is 20.0. The van der Waals surface area contributed by atoms with E-state index in [0.717, 1.165) is 23.2 Å². The van der Waals surface area contributed by atoms with Crippen LogP contribution in [0.1, 0.15) is 31.2 Å². The lowest BCUT2D eigenvalue weighted by Gasteiger charge is -2.38. The van der Waals surface area contributed by atoms with Gasteiger partial charge in [-0.1, -0.05) is 30.7 Å². The molecule has 0 spiro atoms. The van der Waals surface area contributed by atoms with Crippen LogP contribution in [0.15, 0.2) is 53.1 Å². The Labute approximate surface area is 210 Å². The molecule has 3 aromatic rings. The summed E-state index contributed by atoms with van der Waals surface area (Å²) in [5.41, 5.74) is 1.61. The Morgan fingerprint density at radius 3 is 2.60 bits per heavy atom. The first kappa shape index (κ1) is 24.9. The molecule has 1 aromatic heterocycles. The van der Waals surface area contributed by atoms with Crippen molar-refractivity contribution in [2.24, 2.45) is 0 Å². The van der Waals surface area contributed by atoms with Crippen molar-refractivity contribution in [3.63, 3.8) is 0 Å². The van der Waals surface area contributed by atoms with Gasteiger partial charge in [-0.05, 0) is 42.7 Å². The number of rotatable bonds is 8. The van der Waals surface area contributed by atoms with Gasteiger partial charge in [0.15, 0.2) is 11.7 Å². The second-order valence-corrected chi connectivity index (χ2v) is 9.01. The number of benzene rings is 2. The number of hydrogen-bond donors (Lipinski definition) is 3. The highest BCUT2D eigenvalue weighted by Gasteiger charge is 2.35. The van der Waals surface area contributed by atoms with Gasteiger partial charge in [0, 0.05) is 49.4 Å². The van der Waals surface area contributed by atoms with Crippen molar-refractivity contribution in [1.29, 1.82) is 0 Å². The van der Waals surface area contributed by atoms with Gasteiger partial charge in [-0.25, -0.2) is 9.78 Å². The van der Waals surface area contributed by atoms with Gasteiger partial charge in [0.05, 0.1) is 24.5 Å². The maximum absolute atomic E-state index is 12.6. The van der Waals surface area contributed by atoms with Crippen LogP contribution in [0.3, 0.4) is 0 Å². The van der Waals surface area contributed by atoms with E-state index < -0.39 is 5.60 Å². The molecule has 186 valence electrons. The highest BCUT2D eigenvalue weighted by molar-refractivity contribution is 6.30. The normalized spacial score (nSPS) is 15.0. The average molecular weight is 499 g/mol.